The maximum Gasteiger partial charge on any atom is 0.191 e. The third-order valence-corrected chi connectivity index (χ3v) is 4.23. The first-order chi connectivity index (χ1) is 10.7. The monoisotopic (exact) mass is 308 g/mol. The van der Waals surface area contributed by atoms with E-state index in [0.717, 1.165) is 64.1 Å². The molecule has 22 heavy (non-hydrogen) atoms. The first kappa shape index (κ1) is 17.3. The summed E-state index contributed by atoms with van der Waals surface area (Å²) in [6, 6.07) is 0.514. The number of ether oxygens (including phenoxy) is 1. The van der Waals surface area contributed by atoms with E-state index in [-0.39, 0.29) is 0 Å². The standard InChI is InChI=1S/C17H32N4O/c1-14(2)12-21-9-6-16(7-10-21)20-17(18-3)19-8-11-22-13-15-4-5-15/h15-16H,1,4-13H2,2-3H3,(H2,18,19,20). The zero-order chi connectivity index (χ0) is 15.8. The van der Waals surface area contributed by atoms with E-state index in [1.54, 1.807) is 0 Å². The van der Waals surface area contributed by atoms with Gasteiger partial charge >= 0.3 is 0 Å². The van der Waals surface area contributed by atoms with Crippen LogP contribution in [-0.2, 0) is 4.74 Å². The molecule has 0 atom stereocenters. The van der Waals surface area contributed by atoms with E-state index < -0.39 is 0 Å². The second kappa shape index (κ2) is 9.16. The minimum absolute atomic E-state index is 0.514. The van der Waals surface area contributed by atoms with E-state index in [1.807, 2.05) is 7.05 Å². The van der Waals surface area contributed by atoms with Gasteiger partial charge in [-0.3, -0.25) is 9.89 Å². The summed E-state index contributed by atoms with van der Waals surface area (Å²) in [6.45, 7) is 11.9. The molecule has 2 rings (SSSR count). The summed E-state index contributed by atoms with van der Waals surface area (Å²) in [7, 11) is 1.83. The third-order valence-electron chi connectivity index (χ3n) is 4.23. The number of piperidine rings is 1. The highest BCUT2D eigenvalue weighted by Crippen LogP contribution is 2.28. The molecule has 0 aromatic heterocycles. The number of nitrogens with one attached hydrogen (secondary N) is 2. The maximum atomic E-state index is 5.63. The van der Waals surface area contributed by atoms with Crippen molar-refractivity contribution in [1.29, 1.82) is 0 Å². The van der Waals surface area contributed by atoms with E-state index >= 15 is 0 Å². The van der Waals surface area contributed by atoms with Gasteiger partial charge in [0.25, 0.3) is 0 Å². The molecular formula is C17H32N4O. The average molecular weight is 308 g/mol. The van der Waals surface area contributed by atoms with Crippen LogP contribution in [0.2, 0.25) is 0 Å². The SMILES string of the molecule is C=C(C)CN1CCC(NC(=NC)NCCOCC2CC2)CC1. The molecule has 1 heterocycles. The molecule has 2 aliphatic rings. The summed E-state index contributed by atoms with van der Waals surface area (Å²) in [5, 5.41) is 6.87. The van der Waals surface area contributed by atoms with Crippen molar-refractivity contribution >= 4 is 5.96 Å². The lowest BCUT2D eigenvalue weighted by molar-refractivity contribution is 0.129. The Morgan fingerprint density at radius 2 is 2.00 bits per heavy atom. The van der Waals surface area contributed by atoms with Crippen molar-refractivity contribution in [3.63, 3.8) is 0 Å². The van der Waals surface area contributed by atoms with Crippen molar-refractivity contribution in [3.8, 4) is 0 Å². The summed E-state index contributed by atoms with van der Waals surface area (Å²) in [6.07, 6.45) is 5.01. The number of hydrogen-bond acceptors (Lipinski definition) is 3. The van der Waals surface area contributed by atoms with Gasteiger partial charge in [-0.1, -0.05) is 12.2 Å². The molecule has 0 aromatic rings. The Bertz CT molecular complexity index is 371. The molecular weight excluding hydrogens is 276 g/mol. The normalized spacial score (nSPS) is 20.9. The van der Waals surface area contributed by atoms with Crippen molar-refractivity contribution in [2.75, 3.05) is 46.4 Å². The molecule has 1 aliphatic heterocycles. The van der Waals surface area contributed by atoms with Gasteiger partial charge in [0.1, 0.15) is 0 Å². The largest absolute Gasteiger partial charge is 0.379 e. The predicted molar refractivity (Wildman–Crippen MR) is 92.3 cm³/mol. The molecule has 2 N–H and O–H groups in total. The predicted octanol–water partition coefficient (Wildman–Crippen LogP) is 1.62. The molecule has 1 aliphatic carbocycles. The average Bonchev–Trinajstić information content (AvgIpc) is 3.31. The van der Waals surface area contributed by atoms with E-state index in [2.05, 4.69) is 34.0 Å². The molecule has 0 spiro atoms. The zero-order valence-corrected chi connectivity index (χ0v) is 14.2. The lowest BCUT2D eigenvalue weighted by Gasteiger charge is -2.33. The molecule has 2 fully saturated rings. The van der Waals surface area contributed by atoms with Gasteiger partial charge in [0, 0.05) is 45.9 Å². The van der Waals surface area contributed by atoms with Crippen LogP contribution < -0.4 is 10.6 Å². The highest BCUT2D eigenvalue weighted by atomic mass is 16.5. The van der Waals surface area contributed by atoms with Crippen molar-refractivity contribution in [3.05, 3.63) is 12.2 Å². The second-order valence-electron chi connectivity index (χ2n) is 6.67. The van der Waals surface area contributed by atoms with Gasteiger partial charge in [-0.25, -0.2) is 0 Å². The van der Waals surface area contributed by atoms with E-state index in [9.17, 15) is 0 Å². The number of rotatable bonds is 8. The van der Waals surface area contributed by atoms with E-state index in [4.69, 9.17) is 4.74 Å². The third kappa shape index (κ3) is 6.79. The maximum absolute atomic E-state index is 5.63. The lowest BCUT2D eigenvalue weighted by Crippen LogP contribution is -2.49. The summed E-state index contributed by atoms with van der Waals surface area (Å²) in [5.74, 6) is 1.73. The van der Waals surface area contributed by atoms with Crippen molar-refractivity contribution in [1.82, 2.24) is 15.5 Å². The fraction of sp³-hybridized carbons (Fsp3) is 0.824. The van der Waals surface area contributed by atoms with Crippen LogP contribution in [0.25, 0.3) is 0 Å². The highest BCUT2D eigenvalue weighted by Gasteiger charge is 2.21. The summed E-state index contributed by atoms with van der Waals surface area (Å²) >= 11 is 0. The smallest absolute Gasteiger partial charge is 0.191 e. The Labute approximate surface area is 135 Å². The van der Waals surface area contributed by atoms with Crippen LogP contribution in [0.1, 0.15) is 32.6 Å². The number of hydrogen-bond donors (Lipinski definition) is 2. The van der Waals surface area contributed by atoms with Gasteiger partial charge in [0.15, 0.2) is 5.96 Å². The number of nitrogens with zero attached hydrogens (tertiary/aromatic N) is 2. The molecule has 0 radical (unpaired) electrons. The highest BCUT2D eigenvalue weighted by molar-refractivity contribution is 5.79. The zero-order valence-electron chi connectivity index (χ0n) is 14.2. The molecule has 5 heteroatoms. The van der Waals surface area contributed by atoms with Crippen molar-refractivity contribution in [2.45, 2.75) is 38.6 Å². The van der Waals surface area contributed by atoms with Gasteiger partial charge in [-0.2, -0.15) is 0 Å². The van der Waals surface area contributed by atoms with Gasteiger partial charge in [0.05, 0.1) is 6.61 Å². The van der Waals surface area contributed by atoms with Crippen LogP contribution in [0.15, 0.2) is 17.1 Å². The quantitative estimate of drug-likeness (QED) is 0.310. The van der Waals surface area contributed by atoms with Gasteiger partial charge in [-0.15, -0.1) is 0 Å². The molecule has 0 aromatic carbocycles. The lowest BCUT2D eigenvalue weighted by atomic mass is 10.0. The van der Waals surface area contributed by atoms with Gasteiger partial charge in [-0.05, 0) is 38.5 Å². The van der Waals surface area contributed by atoms with Crippen LogP contribution in [-0.4, -0.2) is 63.3 Å². The summed E-state index contributed by atoms with van der Waals surface area (Å²) in [4.78, 5) is 6.78. The number of likely N-dealkylation sites (tertiary alicyclic amines) is 1. The van der Waals surface area contributed by atoms with Gasteiger partial charge in [0.2, 0.25) is 0 Å². The molecule has 0 amide bonds. The van der Waals surface area contributed by atoms with Crippen LogP contribution in [0, 0.1) is 5.92 Å². The van der Waals surface area contributed by atoms with Gasteiger partial charge < -0.3 is 15.4 Å². The van der Waals surface area contributed by atoms with E-state index in [0.29, 0.717) is 6.04 Å². The van der Waals surface area contributed by atoms with Crippen LogP contribution >= 0.6 is 0 Å². The molecule has 126 valence electrons. The Hall–Kier alpha value is -1.07. The molecule has 0 unspecified atom stereocenters. The Balaban J connectivity index is 1.56. The fourth-order valence-corrected chi connectivity index (χ4v) is 2.78. The number of guanidine groups is 1. The minimum atomic E-state index is 0.514. The number of aliphatic imine (C=N–C) groups is 1. The van der Waals surface area contributed by atoms with Crippen molar-refractivity contribution in [2.24, 2.45) is 10.9 Å². The summed E-state index contributed by atoms with van der Waals surface area (Å²) < 4.78 is 5.63. The Kier molecular flexibility index (Phi) is 7.19. The van der Waals surface area contributed by atoms with Crippen LogP contribution in [0.5, 0.6) is 0 Å². The molecule has 0 bridgehead atoms. The Morgan fingerprint density at radius 3 is 2.59 bits per heavy atom. The van der Waals surface area contributed by atoms with Crippen LogP contribution in [0.4, 0.5) is 0 Å². The molecule has 1 saturated carbocycles. The molecule has 1 saturated heterocycles. The summed E-state index contributed by atoms with van der Waals surface area (Å²) in [5.41, 5.74) is 1.25. The first-order valence-electron chi connectivity index (χ1n) is 8.59. The Morgan fingerprint density at radius 1 is 1.27 bits per heavy atom. The topological polar surface area (TPSA) is 48.9 Å². The van der Waals surface area contributed by atoms with Crippen molar-refractivity contribution < 1.29 is 4.74 Å². The van der Waals surface area contributed by atoms with Crippen LogP contribution in [0.3, 0.4) is 0 Å². The van der Waals surface area contributed by atoms with E-state index in [1.165, 1.54) is 18.4 Å². The molecule has 5 nitrogen and oxygen atoms in total. The first-order valence-corrected chi connectivity index (χ1v) is 8.59. The fourth-order valence-electron chi connectivity index (χ4n) is 2.78. The second-order valence-corrected chi connectivity index (χ2v) is 6.67. The minimum Gasteiger partial charge on any atom is -0.379 e.